The van der Waals surface area contributed by atoms with Gasteiger partial charge in [0.2, 0.25) is 0 Å². The summed E-state index contributed by atoms with van der Waals surface area (Å²) in [4.78, 5) is 7.03. The van der Waals surface area contributed by atoms with Crippen LogP contribution >= 0.6 is 0 Å². The number of hydrogen-bond acceptors (Lipinski definition) is 2. The van der Waals surface area contributed by atoms with Gasteiger partial charge in [-0.2, -0.15) is 0 Å². The van der Waals surface area contributed by atoms with Gasteiger partial charge in [-0.05, 0) is 83.7 Å². The van der Waals surface area contributed by atoms with Crippen molar-refractivity contribution in [2.45, 2.75) is 60.4 Å². The summed E-state index contributed by atoms with van der Waals surface area (Å²) in [5.41, 5.74) is 12.3. The second-order valence-corrected chi connectivity index (χ2v) is 10.1. The molecule has 160 valence electrons. The summed E-state index contributed by atoms with van der Waals surface area (Å²) in [6, 6.07) is 9.48. The Morgan fingerprint density at radius 3 is 2.52 bits per heavy atom. The van der Waals surface area contributed by atoms with Crippen LogP contribution in [0.15, 0.2) is 72.6 Å². The lowest BCUT2D eigenvalue weighted by molar-refractivity contribution is 0.189. The summed E-state index contributed by atoms with van der Waals surface area (Å²) in [5.74, 6) is 0. The van der Waals surface area contributed by atoms with E-state index in [9.17, 15) is 0 Å². The van der Waals surface area contributed by atoms with Gasteiger partial charge in [0.05, 0.1) is 0 Å². The molecule has 2 aliphatic rings. The number of benzene rings is 1. The Hall–Kier alpha value is -2.87. The van der Waals surface area contributed by atoms with E-state index in [1.165, 1.54) is 33.5 Å². The van der Waals surface area contributed by atoms with Gasteiger partial charge in [-0.15, -0.1) is 0 Å². The van der Waals surface area contributed by atoms with Crippen LogP contribution < -0.4 is 0 Å². The minimum atomic E-state index is 0.126. The molecule has 1 aromatic heterocycles. The zero-order valence-electron chi connectivity index (χ0n) is 19.8. The van der Waals surface area contributed by atoms with E-state index < -0.39 is 0 Å². The molecule has 0 saturated heterocycles. The molecule has 1 aromatic carbocycles. The molecule has 0 spiro atoms. The molecule has 31 heavy (non-hydrogen) atoms. The number of aromatic nitrogens is 1. The van der Waals surface area contributed by atoms with Crippen LogP contribution in [-0.4, -0.2) is 15.9 Å². The van der Waals surface area contributed by atoms with Gasteiger partial charge < -0.3 is 4.90 Å². The predicted octanol–water partition coefficient (Wildman–Crippen LogP) is 7.26. The van der Waals surface area contributed by atoms with Gasteiger partial charge >= 0.3 is 0 Å². The molecule has 0 fully saturated rings. The topological polar surface area (TPSA) is 16.1 Å². The molecule has 0 radical (unpaired) electrons. The van der Waals surface area contributed by atoms with Crippen LogP contribution in [0.5, 0.6) is 0 Å². The lowest BCUT2D eigenvalue weighted by Crippen LogP contribution is -2.45. The molecule has 4 rings (SSSR count). The lowest BCUT2D eigenvalue weighted by Gasteiger charge is -2.47. The van der Waals surface area contributed by atoms with E-state index in [0.717, 1.165) is 35.3 Å². The maximum atomic E-state index is 4.55. The van der Waals surface area contributed by atoms with Crippen LogP contribution in [0.3, 0.4) is 0 Å². The third-order valence-electron chi connectivity index (χ3n) is 6.62. The van der Waals surface area contributed by atoms with Crippen molar-refractivity contribution < 1.29 is 0 Å². The molecule has 2 aliphatic heterocycles. The van der Waals surface area contributed by atoms with E-state index in [1.54, 1.807) is 0 Å². The highest BCUT2D eigenvalue weighted by molar-refractivity contribution is 5.80. The van der Waals surface area contributed by atoms with Gasteiger partial charge in [0.15, 0.2) is 0 Å². The Morgan fingerprint density at radius 2 is 1.94 bits per heavy atom. The smallest absolute Gasteiger partial charge is 0.0491 e. The summed E-state index contributed by atoms with van der Waals surface area (Å²) in [6.07, 6.45) is 8.55. The average molecular weight is 411 g/mol. The SMILES string of the molecule is C=C(C)C1=CN2C(=CC1=C)c1cc(CC)c(-c3ccc(C)nc3)cc1CC2C(C)(C)C. The minimum absolute atomic E-state index is 0.126. The zero-order chi connectivity index (χ0) is 22.5. The maximum absolute atomic E-state index is 4.55. The Morgan fingerprint density at radius 1 is 1.19 bits per heavy atom. The molecule has 2 nitrogen and oxygen atoms in total. The van der Waals surface area contributed by atoms with Crippen LogP contribution in [0, 0.1) is 12.3 Å². The number of pyridine rings is 1. The van der Waals surface area contributed by atoms with Crippen LogP contribution in [0.2, 0.25) is 0 Å². The van der Waals surface area contributed by atoms with Crippen molar-refractivity contribution in [1.29, 1.82) is 0 Å². The second kappa shape index (κ2) is 7.67. The first-order chi connectivity index (χ1) is 14.6. The fourth-order valence-electron chi connectivity index (χ4n) is 4.78. The summed E-state index contributed by atoms with van der Waals surface area (Å²) in [7, 11) is 0. The number of aryl methyl sites for hydroxylation is 2. The third kappa shape index (κ3) is 3.80. The van der Waals surface area contributed by atoms with Gasteiger partial charge in [0.25, 0.3) is 0 Å². The van der Waals surface area contributed by atoms with E-state index in [4.69, 9.17) is 0 Å². The molecule has 0 amide bonds. The summed E-state index contributed by atoms with van der Waals surface area (Å²) in [5, 5.41) is 0. The second-order valence-electron chi connectivity index (χ2n) is 10.1. The lowest BCUT2D eigenvalue weighted by atomic mass is 9.75. The quantitative estimate of drug-likeness (QED) is 0.529. The van der Waals surface area contributed by atoms with E-state index in [0.29, 0.717) is 6.04 Å². The van der Waals surface area contributed by atoms with Crippen LogP contribution in [0.1, 0.15) is 57.0 Å². The van der Waals surface area contributed by atoms with Crippen molar-refractivity contribution in [3.63, 3.8) is 0 Å². The van der Waals surface area contributed by atoms with Crippen molar-refractivity contribution in [3.8, 4) is 11.1 Å². The maximum Gasteiger partial charge on any atom is 0.0491 e. The molecule has 0 aliphatic carbocycles. The first-order valence-electron chi connectivity index (χ1n) is 11.3. The Kier molecular flexibility index (Phi) is 5.29. The average Bonchev–Trinajstić information content (AvgIpc) is 2.71. The van der Waals surface area contributed by atoms with E-state index in [2.05, 4.69) is 94.2 Å². The van der Waals surface area contributed by atoms with Gasteiger partial charge in [-0.25, -0.2) is 0 Å². The van der Waals surface area contributed by atoms with E-state index >= 15 is 0 Å². The monoisotopic (exact) mass is 410 g/mol. The van der Waals surface area contributed by atoms with Crippen molar-refractivity contribution in [2.24, 2.45) is 5.41 Å². The van der Waals surface area contributed by atoms with Gasteiger partial charge in [-0.1, -0.05) is 53.0 Å². The molecule has 2 heteroatoms. The summed E-state index contributed by atoms with van der Waals surface area (Å²) < 4.78 is 0. The standard InChI is InChI=1S/C29H34N2/c1-9-21-13-25-23(14-24(21)22-11-10-20(5)30-16-22)15-28(29(6,7)8)31-17-26(18(2)3)19(4)12-27(25)31/h10-14,16-17,28H,2,4,9,15H2,1,3,5-8H3. The molecular weight excluding hydrogens is 376 g/mol. The highest BCUT2D eigenvalue weighted by atomic mass is 15.2. The van der Waals surface area contributed by atoms with Crippen LogP contribution in [0.4, 0.5) is 0 Å². The number of fused-ring (bicyclic) bond motifs is 3. The fourth-order valence-corrected chi connectivity index (χ4v) is 4.78. The number of rotatable bonds is 3. The van der Waals surface area contributed by atoms with Gasteiger partial charge in [-0.3, -0.25) is 4.98 Å². The predicted molar refractivity (Wildman–Crippen MR) is 133 cm³/mol. The molecule has 2 aromatic rings. The number of allylic oxidation sites excluding steroid dienone is 4. The van der Waals surface area contributed by atoms with Crippen LogP contribution in [-0.2, 0) is 12.8 Å². The fraction of sp³-hybridized carbons (Fsp3) is 0.345. The van der Waals surface area contributed by atoms with Crippen molar-refractivity contribution in [2.75, 3.05) is 0 Å². The highest BCUT2D eigenvalue weighted by Crippen LogP contribution is 2.45. The van der Waals surface area contributed by atoms with Gasteiger partial charge in [0.1, 0.15) is 0 Å². The number of nitrogens with zero attached hydrogens (tertiary/aromatic N) is 2. The van der Waals surface area contributed by atoms with E-state index in [-0.39, 0.29) is 5.41 Å². The summed E-state index contributed by atoms with van der Waals surface area (Å²) in [6.45, 7) is 21.9. The normalized spacial score (nSPS) is 18.2. The van der Waals surface area contributed by atoms with Crippen LogP contribution in [0.25, 0.3) is 16.8 Å². The van der Waals surface area contributed by atoms with Gasteiger partial charge in [0, 0.05) is 41.0 Å². The Labute approximate surface area is 187 Å². The summed E-state index contributed by atoms with van der Waals surface area (Å²) >= 11 is 0. The molecule has 0 saturated carbocycles. The van der Waals surface area contributed by atoms with Crippen molar-refractivity contribution >= 4 is 5.70 Å². The first-order valence-corrected chi connectivity index (χ1v) is 11.3. The van der Waals surface area contributed by atoms with Crippen molar-refractivity contribution in [3.05, 3.63) is 95.0 Å². The number of hydrogen-bond donors (Lipinski definition) is 0. The highest BCUT2D eigenvalue weighted by Gasteiger charge is 2.38. The molecule has 0 N–H and O–H groups in total. The molecule has 1 atom stereocenters. The van der Waals surface area contributed by atoms with E-state index in [1.807, 2.05) is 13.1 Å². The first kappa shape index (κ1) is 21.4. The molecule has 3 heterocycles. The third-order valence-corrected chi connectivity index (χ3v) is 6.62. The molecule has 1 unspecified atom stereocenters. The molecule has 0 bridgehead atoms. The Balaban J connectivity index is 1.91. The van der Waals surface area contributed by atoms with Crippen molar-refractivity contribution in [1.82, 2.24) is 9.88 Å². The molecular formula is C29H34N2. The minimum Gasteiger partial charge on any atom is -0.343 e. The zero-order valence-corrected chi connectivity index (χ0v) is 19.8. The largest absolute Gasteiger partial charge is 0.343 e. The Bertz CT molecular complexity index is 1120.